The van der Waals surface area contributed by atoms with Gasteiger partial charge in [-0.2, -0.15) is 4.72 Å². The summed E-state index contributed by atoms with van der Waals surface area (Å²) in [4.78, 5) is 24.7. The van der Waals surface area contributed by atoms with Crippen LogP contribution in [0.3, 0.4) is 0 Å². The molecule has 0 bridgehead atoms. The lowest BCUT2D eigenvalue weighted by atomic mass is 10.0. The SMILES string of the molecule is CCc1cc(=O)oc2c(C)c(OC(=O)[C@@H](CC)NS(=O)(=O)c3ccc(C)cc3)ccc12. The third-order valence-corrected chi connectivity index (χ3v) is 6.60. The molecule has 3 rings (SSSR count). The van der Waals surface area contributed by atoms with Crippen LogP contribution >= 0.6 is 0 Å². The van der Waals surface area contributed by atoms with Gasteiger partial charge in [-0.3, -0.25) is 0 Å². The van der Waals surface area contributed by atoms with E-state index in [1.165, 1.54) is 18.2 Å². The third kappa shape index (κ3) is 4.86. The smallest absolute Gasteiger partial charge is 0.336 e. The minimum absolute atomic E-state index is 0.0695. The molecule has 1 heterocycles. The van der Waals surface area contributed by atoms with Crippen LogP contribution < -0.4 is 15.1 Å². The van der Waals surface area contributed by atoms with Crippen molar-refractivity contribution in [2.75, 3.05) is 0 Å². The van der Waals surface area contributed by atoms with Gasteiger partial charge in [0.15, 0.2) is 0 Å². The van der Waals surface area contributed by atoms with Crippen LogP contribution in [0.2, 0.25) is 0 Å². The Hall–Kier alpha value is -2.97. The maximum Gasteiger partial charge on any atom is 0.336 e. The van der Waals surface area contributed by atoms with Crippen molar-refractivity contribution in [3.05, 3.63) is 69.6 Å². The van der Waals surface area contributed by atoms with E-state index in [-0.39, 0.29) is 17.1 Å². The molecule has 1 atom stereocenters. The molecule has 0 unspecified atom stereocenters. The van der Waals surface area contributed by atoms with Crippen molar-refractivity contribution in [1.82, 2.24) is 4.72 Å². The molecule has 2 aromatic carbocycles. The first kappa shape index (κ1) is 22.7. The summed E-state index contributed by atoms with van der Waals surface area (Å²) in [7, 11) is -3.90. The number of benzene rings is 2. The van der Waals surface area contributed by atoms with Crippen molar-refractivity contribution in [3.8, 4) is 5.75 Å². The maximum absolute atomic E-state index is 12.7. The largest absolute Gasteiger partial charge is 0.425 e. The molecule has 1 aromatic heterocycles. The number of aryl methyl sites for hydroxylation is 3. The summed E-state index contributed by atoms with van der Waals surface area (Å²) < 4.78 is 38.5. The van der Waals surface area contributed by atoms with Crippen molar-refractivity contribution in [1.29, 1.82) is 0 Å². The number of ether oxygens (including phenoxy) is 1. The summed E-state index contributed by atoms with van der Waals surface area (Å²) in [6.45, 7) is 7.16. The molecule has 7 nitrogen and oxygen atoms in total. The lowest BCUT2D eigenvalue weighted by molar-refractivity contribution is -0.136. The Kier molecular flexibility index (Phi) is 6.62. The molecular weight excluding hydrogens is 418 g/mol. The van der Waals surface area contributed by atoms with Gasteiger partial charge in [0.2, 0.25) is 10.0 Å². The highest BCUT2D eigenvalue weighted by atomic mass is 32.2. The fourth-order valence-electron chi connectivity index (χ4n) is 3.26. The molecule has 0 radical (unpaired) electrons. The summed E-state index contributed by atoms with van der Waals surface area (Å²) in [5.41, 5.74) is 2.13. The second-order valence-electron chi connectivity index (χ2n) is 7.33. The molecule has 164 valence electrons. The van der Waals surface area contributed by atoms with Crippen LogP contribution in [0.5, 0.6) is 5.75 Å². The van der Waals surface area contributed by atoms with Gasteiger partial charge in [0.1, 0.15) is 17.4 Å². The Labute approximate surface area is 181 Å². The van der Waals surface area contributed by atoms with E-state index in [4.69, 9.17) is 9.15 Å². The number of sulfonamides is 1. The van der Waals surface area contributed by atoms with Crippen molar-refractivity contribution < 1.29 is 22.4 Å². The standard InChI is InChI=1S/C23H25NO6S/c1-5-16-13-21(25)30-22-15(4)20(12-11-18(16)22)29-23(26)19(6-2)24-31(27,28)17-9-7-14(3)8-10-17/h7-13,19,24H,5-6H2,1-4H3/t19-/m1/s1. The number of esters is 1. The number of fused-ring (bicyclic) bond motifs is 1. The molecule has 0 spiro atoms. The Balaban J connectivity index is 1.87. The summed E-state index contributed by atoms with van der Waals surface area (Å²) in [5.74, 6) is -0.531. The molecular formula is C23H25NO6S. The quantitative estimate of drug-likeness (QED) is 0.340. The Morgan fingerprint density at radius 2 is 1.77 bits per heavy atom. The van der Waals surface area contributed by atoms with Crippen LogP contribution in [0, 0.1) is 13.8 Å². The van der Waals surface area contributed by atoms with Gasteiger partial charge < -0.3 is 9.15 Å². The minimum atomic E-state index is -3.90. The lowest BCUT2D eigenvalue weighted by Gasteiger charge is -2.17. The number of carbonyl (C=O) groups excluding carboxylic acids is 1. The first-order valence-corrected chi connectivity index (χ1v) is 11.5. The van der Waals surface area contributed by atoms with Crippen LogP contribution in [0.15, 0.2) is 56.6 Å². The number of rotatable bonds is 7. The zero-order chi connectivity index (χ0) is 22.8. The molecule has 0 aliphatic rings. The van der Waals surface area contributed by atoms with Crippen molar-refractivity contribution in [3.63, 3.8) is 0 Å². The van der Waals surface area contributed by atoms with E-state index >= 15 is 0 Å². The van der Waals surface area contributed by atoms with Gasteiger partial charge in [0.05, 0.1) is 4.90 Å². The molecule has 8 heteroatoms. The second kappa shape index (κ2) is 9.03. The van der Waals surface area contributed by atoms with Gasteiger partial charge in [-0.05, 0) is 56.5 Å². The average Bonchev–Trinajstić information content (AvgIpc) is 2.74. The fraction of sp³-hybridized carbons (Fsp3) is 0.304. The number of carbonyl (C=O) groups is 1. The van der Waals surface area contributed by atoms with Gasteiger partial charge in [0.25, 0.3) is 0 Å². The molecule has 31 heavy (non-hydrogen) atoms. The molecule has 0 saturated carbocycles. The van der Waals surface area contributed by atoms with Crippen molar-refractivity contribution in [2.45, 2.75) is 51.5 Å². The summed E-state index contributed by atoms with van der Waals surface area (Å²) in [6.07, 6.45) is 0.852. The maximum atomic E-state index is 12.7. The van der Waals surface area contributed by atoms with E-state index in [1.54, 1.807) is 38.1 Å². The van der Waals surface area contributed by atoms with Gasteiger partial charge in [-0.25, -0.2) is 18.0 Å². The monoisotopic (exact) mass is 443 g/mol. The highest BCUT2D eigenvalue weighted by molar-refractivity contribution is 7.89. The van der Waals surface area contributed by atoms with E-state index in [1.807, 2.05) is 13.8 Å². The molecule has 0 aliphatic carbocycles. The van der Waals surface area contributed by atoms with Crippen LogP contribution in [0.25, 0.3) is 11.0 Å². The molecule has 0 amide bonds. The first-order valence-electron chi connectivity index (χ1n) is 10.0. The number of hydrogen-bond acceptors (Lipinski definition) is 6. The number of hydrogen-bond donors (Lipinski definition) is 1. The van der Waals surface area contributed by atoms with Crippen LogP contribution in [0.4, 0.5) is 0 Å². The molecule has 0 saturated heterocycles. The highest BCUT2D eigenvalue weighted by Gasteiger charge is 2.26. The summed E-state index contributed by atoms with van der Waals surface area (Å²) in [5, 5.41) is 0.770. The van der Waals surface area contributed by atoms with Gasteiger partial charge in [-0.1, -0.05) is 31.5 Å². The predicted molar refractivity (Wildman–Crippen MR) is 118 cm³/mol. The van der Waals surface area contributed by atoms with E-state index in [0.29, 0.717) is 17.6 Å². The third-order valence-electron chi connectivity index (χ3n) is 5.11. The van der Waals surface area contributed by atoms with Crippen LogP contribution in [-0.2, 0) is 21.2 Å². The number of nitrogens with one attached hydrogen (secondary N) is 1. The van der Waals surface area contributed by atoms with Crippen molar-refractivity contribution in [2.24, 2.45) is 0 Å². The molecule has 0 aliphatic heterocycles. The Bertz CT molecular complexity index is 1280. The molecule has 1 N–H and O–H groups in total. The fourth-order valence-corrected chi connectivity index (χ4v) is 4.53. The topological polar surface area (TPSA) is 103 Å². The second-order valence-corrected chi connectivity index (χ2v) is 9.04. The molecule has 0 fully saturated rings. The average molecular weight is 444 g/mol. The lowest BCUT2D eigenvalue weighted by Crippen LogP contribution is -2.42. The van der Waals surface area contributed by atoms with Crippen molar-refractivity contribution >= 4 is 27.0 Å². The zero-order valence-electron chi connectivity index (χ0n) is 17.9. The van der Waals surface area contributed by atoms with E-state index in [2.05, 4.69) is 4.72 Å². The van der Waals surface area contributed by atoms with Crippen LogP contribution in [0.1, 0.15) is 37.0 Å². The Morgan fingerprint density at radius 1 is 1.10 bits per heavy atom. The summed E-state index contributed by atoms with van der Waals surface area (Å²) >= 11 is 0. The van der Waals surface area contributed by atoms with Gasteiger partial charge in [0, 0.05) is 17.0 Å². The van der Waals surface area contributed by atoms with Gasteiger partial charge in [-0.15, -0.1) is 0 Å². The van der Waals surface area contributed by atoms with E-state index in [9.17, 15) is 18.0 Å². The highest BCUT2D eigenvalue weighted by Crippen LogP contribution is 2.29. The predicted octanol–water partition coefficient (Wildman–Crippen LogP) is 3.63. The Morgan fingerprint density at radius 3 is 2.39 bits per heavy atom. The molecule has 3 aromatic rings. The zero-order valence-corrected chi connectivity index (χ0v) is 18.7. The summed E-state index contributed by atoms with van der Waals surface area (Å²) in [6, 6.07) is 10.1. The normalized spacial score (nSPS) is 12.6. The van der Waals surface area contributed by atoms with Gasteiger partial charge >= 0.3 is 11.6 Å². The van der Waals surface area contributed by atoms with Crippen LogP contribution in [-0.4, -0.2) is 20.4 Å². The van der Waals surface area contributed by atoms with E-state index < -0.39 is 27.7 Å². The van der Waals surface area contributed by atoms with E-state index in [0.717, 1.165) is 16.5 Å². The minimum Gasteiger partial charge on any atom is -0.425 e. The first-order chi connectivity index (χ1) is 14.7.